The van der Waals surface area contributed by atoms with Crippen LogP contribution in [0.15, 0.2) is 0 Å². The summed E-state index contributed by atoms with van der Waals surface area (Å²) in [5.74, 6) is -0.303. The van der Waals surface area contributed by atoms with Gasteiger partial charge in [-0.3, -0.25) is 4.79 Å². The summed E-state index contributed by atoms with van der Waals surface area (Å²) in [6, 6.07) is -0.683. The summed E-state index contributed by atoms with van der Waals surface area (Å²) in [5, 5.41) is 13.2. The maximum atomic E-state index is 11.3. The minimum Gasteiger partial charge on any atom is -0.465 e. The third-order valence-electron chi connectivity index (χ3n) is 1.68. The SMILES string of the molecule is CNC(=O)[C@H](CC(C)(C)C)NC(=O)O. The number of nitrogens with one attached hydrogen (secondary N) is 2. The molecule has 5 nitrogen and oxygen atoms in total. The largest absolute Gasteiger partial charge is 0.465 e. The van der Waals surface area contributed by atoms with Gasteiger partial charge in [0.15, 0.2) is 0 Å². The Hall–Kier alpha value is -1.26. The van der Waals surface area contributed by atoms with Crippen molar-refractivity contribution in [3.63, 3.8) is 0 Å². The van der Waals surface area contributed by atoms with E-state index >= 15 is 0 Å². The van der Waals surface area contributed by atoms with Crippen molar-refractivity contribution < 1.29 is 14.7 Å². The molecule has 5 heteroatoms. The molecule has 0 heterocycles. The topological polar surface area (TPSA) is 78.4 Å². The van der Waals surface area contributed by atoms with Crippen molar-refractivity contribution in [2.45, 2.75) is 33.2 Å². The van der Waals surface area contributed by atoms with Crippen LogP contribution in [-0.2, 0) is 4.79 Å². The normalized spacial score (nSPS) is 13.1. The van der Waals surface area contributed by atoms with Crippen LogP contribution in [0.25, 0.3) is 0 Å². The smallest absolute Gasteiger partial charge is 0.405 e. The van der Waals surface area contributed by atoms with Crippen molar-refractivity contribution in [2.75, 3.05) is 7.05 Å². The van der Waals surface area contributed by atoms with Crippen molar-refractivity contribution in [3.8, 4) is 0 Å². The van der Waals surface area contributed by atoms with Crippen LogP contribution in [0.3, 0.4) is 0 Å². The van der Waals surface area contributed by atoms with E-state index in [1.807, 2.05) is 20.8 Å². The van der Waals surface area contributed by atoms with E-state index in [0.29, 0.717) is 6.42 Å². The zero-order chi connectivity index (χ0) is 11.4. The summed E-state index contributed by atoms with van der Waals surface area (Å²) in [4.78, 5) is 21.7. The Bertz CT molecular complexity index is 221. The highest BCUT2D eigenvalue weighted by Crippen LogP contribution is 2.20. The lowest BCUT2D eigenvalue weighted by Crippen LogP contribution is -2.47. The van der Waals surface area contributed by atoms with Gasteiger partial charge in [0.25, 0.3) is 0 Å². The third kappa shape index (κ3) is 5.40. The predicted molar refractivity (Wildman–Crippen MR) is 53.1 cm³/mol. The molecule has 0 aromatic heterocycles. The summed E-state index contributed by atoms with van der Waals surface area (Å²) < 4.78 is 0. The highest BCUT2D eigenvalue weighted by molar-refractivity contribution is 5.84. The number of amides is 2. The average molecular weight is 202 g/mol. The maximum Gasteiger partial charge on any atom is 0.405 e. The van der Waals surface area contributed by atoms with Crippen molar-refractivity contribution >= 4 is 12.0 Å². The second kappa shape index (κ2) is 4.83. The number of hydrogen-bond donors (Lipinski definition) is 3. The summed E-state index contributed by atoms with van der Waals surface area (Å²) in [7, 11) is 1.49. The second-order valence-corrected chi connectivity index (χ2v) is 4.38. The quantitative estimate of drug-likeness (QED) is 0.633. The number of carbonyl (C=O) groups is 2. The van der Waals surface area contributed by atoms with Gasteiger partial charge < -0.3 is 15.7 Å². The second-order valence-electron chi connectivity index (χ2n) is 4.38. The molecule has 0 aromatic carbocycles. The van der Waals surface area contributed by atoms with Crippen LogP contribution in [0.2, 0.25) is 0 Å². The van der Waals surface area contributed by atoms with Gasteiger partial charge in [0.1, 0.15) is 6.04 Å². The molecule has 82 valence electrons. The minimum absolute atomic E-state index is 0.0976. The van der Waals surface area contributed by atoms with E-state index in [4.69, 9.17) is 5.11 Å². The van der Waals surface area contributed by atoms with Crippen LogP contribution in [0, 0.1) is 5.41 Å². The Labute approximate surface area is 83.9 Å². The number of carbonyl (C=O) groups excluding carboxylic acids is 1. The molecule has 0 bridgehead atoms. The van der Waals surface area contributed by atoms with Crippen molar-refractivity contribution in [1.29, 1.82) is 0 Å². The van der Waals surface area contributed by atoms with Crippen LogP contribution in [-0.4, -0.2) is 30.2 Å². The van der Waals surface area contributed by atoms with Crippen LogP contribution in [0.1, 0.15) is 27.2 Å². The maximum absolute atomic E-state index is 11.3. The predicted octanol–water partition coefficient (Wildman–Crippen LogP) is 0.805. The molecule has 2 amide bonds. The van der Waals surface area contributed by atoms with Gasteiger partial charge in [-0.15, -0.1) is 0 Å². The number of carboxylic acid groups (broad SMARTS) is 1. The highest BCUT2D eigenvalue weighted by atomic mass is 16.4. The molecular weight excluding hydrogens is 184 g/mol. The van der Waals surface area contributed by atoms with Gasteiger partial charge in [0.2, 0.25) is 5.91 Å². The van der Waals surface area contributed by atoms with E-state index in [0.717, 1.165) is 0 Å². The third-order valence-corrected chi connectivity index (χ3v) is 1.68. The molecule has 0 aliphatic rings. The Kier molecular flexibility index (Phi) is 4.40. The van der Waals surface area contributed by atoms with Crippen molar-refractivity contribution in [1.82, 2.24) is 10.6 Å². The molecule has 0 aliphatic heterocycles. The molecule has 0 aliphatic carbocycles. The summed E-state index contributed by atoms with van der Waals surface area (Å²) in [5.41, 5.74) is -0.0976. The van der Waals surface area contributed by atoms with Gasteiger partial charge >= 0.3 is 6.09 Å². The van der Waals surface area contributed by atoms with Crippen molar-refractivity contribution in [3.05, 3.63) is 0 Å². The number of rotatable bonds is 3. The summed E-state index contributed by atoms with van der Waals surface area (Å²) in [6.07, 6.45) is -0.707. The van der Waals surface area contributed by atoms with E-state index in [1.54, 1.807) is 0 Å². The lowest BCUT2D eigenvalue weighted by atomic mass is 9.88. The lowest BCUT2D eigenvalue weighted by Gasteiger charge is -2.24. The molecule has 3 N–H and O–H groups in total. The van der Waals surface area contributed by atoms with Gasteiger partial charge in [-0.2, -0.15) is 0 Å². The first-order chi connectivity index (χ1) is 6.26. The van der Waals surface area contributed by atoms with Gasteiger partial charge in [0.05, 0.1) is 0 Å². The molecule has 0 saturated carbocycles. The van der Waals surface area contributed by atoms with Crippen molar-refractivity contribution in [2.24, 2.45) is 5.41 Å². The molecular formula is C9H18N2O3. The van der Waals surface area contributed by atoms with Crippen LogP contribution in [0.5, 0.6) is 0 Å². The molecule has 0 saturated heterocycles. The summed E-state index contributed by atoms with van der Waals surface area (Å²) >= 11 is 0. The molecule has 0 aromatic rings. The number of likely N-dealkylation sites (N-methyl/N-ethyl adjacent to an activating group) is 1. The Morgan fingerprint density at radius 3 is 2.14 bits per heavy atom. The molecule has 0 spiro atoms. The first-order valence-corrected chi connectivity index (χ1v) is 4.47. The molecule has 0 radical (unpaired) electrons. The molecule has 0 unspecified atom stereocenters. The first kappa shape index (κ1) is 12.7. The zero-order valence-corrected chi connectivity index (χ0v) is 9.05. The zero-order valence-electron chi connectivity index (χ0n) is 9.05. The van der Waals surface area contributed by atoms with E-state index < -0.39 is 12.1 Å². The van der Waals surface area contributed by atoms with Crippen LogP contribution in [0.4, 0.5) is 4.79 Å². The molecule has 1 atom stereocenters. The Morgan fingerprint density at radius 2 is 1.86 bits per heavy atom. The lowest BCUT2D eigenvalue weighted by molar-refractivity contribution is -0.123. The fraction of sp³-hybridized carbons (Fsp3) is 0.778. The van der Waals surface area contributed by atoms with Crippen LogP contribution < -0.4 is 10.6 Å². The van der Waals surface area contributed by atoms with Gasteiger partial charge in [-0.05, 0) is 11.8 Å². The van der Waals surface area contributed by atoms with Gasteiger partial charge in [-0.25, -0.2) is 4.79 Å². The Balaban J connectivity index is 4.40. The fourth-order valence-corrected chi connectivity index (χ4v) is 1.14. The van der Waals surface area contributed by atoms with Gasteiger partial charge in [-0.1, -0.05) is 20.8 Å². The van der Waals surface area contributed by atoms with E-state index in [1.165, 1.54) is 7.05 Å². The summed E-state index contributed by atoms with van der Waals surface area (Å²) in [6.45, 7) is 5.85. The average Bonchev–Trinajstić information content (AvgIpc) is 1.98. The molecule has 0 rings (SSSR count). The standard InChI is InChI=1S/C9H18N2O3/c1-9(2,3)5-6(7(12)10-4)11-8(13)14/h6,11H,5H2,1-4H3,(H,10,12)(H,13,14)/t6-/m0/s1. The minimum atomic E-state index is -1.18. The monoisotopic (exact) mass is 202 g/mol. The Morgan fingerprint density at radius 1 is 1.36 bits per heavy atom. The van der Waals surface area contributed by atoms with E-state index in [2.05, 4.69) is 10.6 Å². The van der Waals surface area contributed by atoms with E-state index in [-0.39, 0.29) is 11.3 Å². The molecule has 0 fully saturated rings. The number of hydrogen-bond acceptors (Lipinski definition) is 2. The van der Waals surface area contributed by atoms with E-state index in [9.17, 15) is 9.59 Å². The van der Waals surface area contributed by atoms with Crippen LogP contribution >= 0.6 is 0 Å². The first-order valence-electron chi connectivity index (χ1n) is 4.47. The highest BCUT2D eigenvalue weighted by Gasteiger charge is 2.25. The fourth-order valence-electron chi connectivity index (χ4n) is 1.14. The molecule has 14 heavy (non-hydrogen) atoms. The van der Waals surface area contributed by atoms with Gasteiger partial charge in [0, 0.05) is 7.05 Å².